The number of likely N-dealkylation sites (tertiary alicyclic amines) is 1. The van der Waals surface area contributed by atoms with E-state index in [9.17, 15) is 28.0 Å². The summed E-state index contributed by atoms with van der Waals surface area (Å²) < 4.78 is 35.4. The molecule has 1 aliphatic heterocycles. The monoisotopic (exact) mass is 572 g/mol. The Morgan fingerprint density at radius 3 is 2.65 bits per heavy atom. The highest BCUT2D eigenvalue weighted by Crippen LogP contribution is 2.28. The predicted octanol–water partition coefficient (Wildman–Crippen LogP) is 4.60. The zero-order chi connectivity index (χ0) is 28.6. The number of amides is 3. The summed E-state index contributed by atoms with van der Waals surface area (Å²) >= 11 is 5.79. The topological polar surface area (TPSA) is 110 Å². The van der Waals surface area contributed by atoms with E-state index in [0.29, 0.717) is 22.2 Å². The number of nitrogens with zero attached hydrogens (tertiary/aromatic N) is 2. The normalized spacial score (nSPS) is 18.6. The second-order valence-corrected chi connectivity index (χ2v) is 10.4. The van der Waals surface area contributed by atoms with Crippen molar-refractivity contribution in [1.82, 2.24) is 14.8 Å². The molecule has 2 N–H and O–H groups in total. The number of ketones is 1. The molecule has 0 spiro atoms. The van der Waals surface area contributed by atoms with Crippen LogP contribution in [0, 0.1) is 5.82 Å². The number of carbonyl (C=O) groups excluding carboxylic acids is 4. The molecule has 3 aromatic rings. The lowest BCUT2D eigenvalue weighted by atomic mass is 10.1. The Labute approximate surface area is 233 Å². The molecule has 1 aliphatic carbocycles. The molecule has 3 amide bonds. The molecule has 1 saturated heterocycles. The van der Waals surface area contributed by atoms with E-state index >= 15 is 0 Å². The minimum Gasteiger partial charge on any atom is -0.446 e. The Balaban J connectivity index is 1.31. The van der Waals surface area contributed by atoms with Crippen LogP contribution in [0.2, 0.25) is 5.02 Å². The van der Waals surface area contributed by atoms with E-state index in [-0.39, 0.29) is 48.5 Å². The van der Waals surface area contributed by atoms with Crippen molar-refractivity contribution < 1.29 is 32.7 Å². The zero-order valence-corrected chi connectivity index (χ0v) is 22.3. The van der Waals surface area contributed by atoms with E-state index in [1.165, 1.54) is 25.3 Å². The van der Waals surface area contributed by atoms with Crippen molar-refractivity contribution in [1.29, 1.82) is 0 Å². The maximum absolute atomic E-state index is 14.4. The van der Waals surface area contributed by atoms with E-state index in [1.807, 2.05) is 0 Å². The molecule has 210 valence electrons. The molecular formula is C28H27ClF2N4O5. The van der Waals surface area contributed by atoms with Crippen LogP contribution in [-0.4, -0.2) is 58.0 Å². The van der Waals surface area contributed by atoms with E-state index in [2.05, 4.69) is 10.6 Å². The minimum atomic E-state index is -1.40. The highest BCUT2D eigenvalue weighted by molar-refractivity contribution is 6.30. The minimum absolute atomic E-state index is 0.0676. The van der Waals surface area contributed by atoms with Crippen molar-refractivity contribution in [2.24, 2.45) is 0 Å². The number of hydrogen-bond acceptors (Lipinski definition) is 5. The zero-order valence-electron chi connectivity index (χ0n) is 21.6. The molecule has 2 aromatic carbocycles. The van der Waals surface area contributed by atoms with Crippen LogP contribution in [0.4, 0.5) is 19.3 Å². The van der Waals surface area contributed by atoms with Crippen molar-refractivity contribution >= 4 is 51.9 Å². The van der Waals surface area contributed by atoms with Crippen LogP contribution in [0.15, 0.2) is 42.6 Å². The van der Waals surface area contributed by atoms with Gasteiger partial charge in [-0.25, -0.2) is 13.6 Å². The number of hydrogen-bond donors (Lipinski definition) is 2. The van der Waals surface area contributed by atoms with Crippen LogP contribution < -0.4 is 10.6 Å². The first kappa shape index (κ1) is 27.6. The number of fused-ring (bicyclic) bond motifs is 1. The molecule has 2 fully saturated rings. The summed E-state index contributed by atoms with van der Waals surface area (Å²) in [5, 5.41) is 5.65. The summed E-state index contributed by atoms with van der Waals surface area (Å²) in [6.45, 7) is 0.702. The maximum atomic E-state index is 14.4. The smallest absolute Gasteiger partial charge is 0.411 e. The Kier molecular flexibility index (Phi) is 7.75. The standard InChI is InChI=1S/C28H27ClF2N4O5/c1-15(36)21-13-34(23-8-5-18(10-20(21)23)33-28(39)40-19-6-7-19)14-25(37)35-12-17(30)9-24(35)27(38)32-11-16-3-2-4-22(29)26(16)31/h2-5,8,10,13,17,19,24H,6-7,9,11-12,14H2,1H3,(H,32,38)(H,33,39). The number of nitrogens with one attached hydrogen (secondary N) is 2. The predicted molar refractivity (Wildman–Crippen MR) is 143 cm³/mol. The largest absolute Gasteiger partial charge is 0.446 e. The molecule has 0 radical (unpaired) electrons. The Hall–Kier alpha value is -3.99. The number of Topliss-reactive ketones (excluding diaryl/α,β-unsaturated/α-hetero) is 1. The molecule has 2 heterocycles. The van der Waals surface area contributed by atoms with E-state index < -0.39 is 35.9 Å². The summed E-state index contributed by atoms with van der Waals surface area (Å²) in [4.78, 5) is 51.8. The van der Waals surface area contributed by atoms with Crippen LogP contribution in [0.1, 0.15) is 42.1 Å². The van der Waals surface area contributed by atoms with Gasteiger partial charge in [0.15, 0.2) is 5.78 Å². The second-order valence-electron chi connectivity index (χ2n) is 10.0. The summed E-state index contributed by atoms with van der Waals surface area (Å²) in [7, 11) is 0. The second kappa shape index (κ2) is 11.2. The molecular weight excluding hydrogens is 546 g/mol. The molecule has 1 aromatic heterocycles. The fourth-order valence-electron chi connectivity index (χ4n) is 4.80. The third kappa shape index (κ3) is 5.94. The number of aromatic nitrogens is 1. The lowest BCUT2D eigenvalue weighted by molar-refractivity contribution is -0.139. The van der Waals surface area contributed by atoms with Crippen molar-refractivity contribution in [2.45, 2.75) is 57.6 Å². The van der Waals surface area contributed by atoms with Gasteiger partial charge in [-0.05, 0) is 44.0 Å². The number of anilines is 1. The average Bonchev–Trinajstić information content (AvgIpc) is 3.52. The average molecular weight is 573 g/mol. The van der Waals surface area contributed by atoms with Gasteiger partial charge >= 0.3 is 6.09 Å². The number of halogens is 3. The first-order valence-corrected chi connectivity index (χ1v) is 13.2. The van der Waals surface area contributed by atoms with Gasteiger partial charge < -0.3 is 19.5 Å². The van der Waals surface area contributed by atoms with Crippen LogP contribution in [0.25, 0.3) is 10.9 Å². The molecule has 2 unspecified atom stereocenters. The SMILES string of the molecule is CC(=O)c1cn(CC(=O)N2CC(F)CC2C(=O)NCc2cccc(Cl)c2F)c2ccc(NC(=O)OC3CC3)cc12. The van der Waals surface area contributed by atoms with Gasteiger partial charge in [0.05, 0.1) is 11.6 Å². The lowest BCUT2D eigenvalue weighted by Crippen LogP contribution is -2.46. The molecule has 9 nitrogen and oxygen atoms in total. The first-order chi connectivity index (χ1) is 19.1. The van der Waals surface area contributed by atoms with Crippen molar-refractivity contribution in [2.75, 3.05) is 11.9 Å². The van der Waals surface area contributed by atoms with Crippen LogP contribution in [0.5, 0.6) is 0 Å². The molecule has 2 aliphatic rings. The third-order valence-electron chi connectivity index (χ3n) is 6.97. The molecule has 0 bridgehead atoms. The van der Waals surface area contributed by atoms with Crippen LogP contribution in [-0.2, 0) is 27.4 Å². The highest BCUT2D eigenvalue weighted by Gasteiger charge is 2.40. The van der Waals surface area contributed by atoms with E-state index in [1.54, 1.807) is 28.8 Å². The highest BCUT2D eigenvalue weighted by atomic mass is 35.5. The lowest BCUT2D eigenvalue weighted by Gasteiger charge is -2.24. The summed E-state index contributed by atoms with van der Waals surface area (Å²) in [5.74, 6) is -2.03. The van der Waals surface area contributed by atoms with Crippen molar-refractivity contribution in [3.63, 3.8) is 0 Å². The van der Waals surface area contributed by atoms with Gasteiger partial charge in [0.1, 0.15) is 30.7 Å². The summed E-state index contributed by atoms with van der Waals surface area (Å²) in [5.41, 5.74) is 1.48. The van der Waals surface area contributed by atoms with Gasteiger partial charge in [-0.15, -0.1) is 0 Å². The number of alkyl halides is 1. The quantitative estimate of drug-likeness (QED) is 0.383. The molecule has 2 atom stereocenters. The molecule has 1 saturated carbocycles. The fourth-order valence-corrected chi connectivity index (χ4v) is 5.00. The first-order valence-electron chi connectivity index (χ1n) is 12.9. The molecule has 5 rings (SSSR count). The number of ether oxygens (including phenoxy) is 1. The van der Waals surface area contributed by atoms with Gasteiger partial charge in [0, 0.05) is 46.9 Å². The van der Waals surface area contributed by atoms with Crippen molar-refractivity contribution in [3.05, 3.63) is 64.6 Å². The maximum Gasteiger partial charge on any atom is 0.411 e. The molecule has 40 heavy (non-hydrogen) atoms. The molecule has 12 heteroatoms. The Morgan fingerprint density at radius 1 is 1.15 bits per heavy atom. The van der Waals surface area contributed by atoms with Gasteiger partial charge in [-0.3, -0.25) is 19.7 Å². The van der Waals surface area contributed by atoms with Gasteiger partial charge in [-0.2, -0.15) is 0 Å². The Bertz CT molecular complexity index is 1510. The van der Waals surface area contributed by atoms with Crippen LogP contribution in [0.3, 0.4) is 0 Å². The summed E-state index contributed by atoms with van der Waals surface area (Å²) in [6, 6.07) is 8.24. The van der Waals surface area contributed by atoms with E-state index in [4.69, 9.17) is 16.3 Å². The van der Waals surface area contributed by atoms with Gasteiger partial charge in [-0.1, -0.05) is 23.7 Å². The number of benzene rings is 2. The number of rotatable bonds is 8. The van der Waals surface area contributed by atoms with Gasteiger partial charge in [0.25, 0.3) is 0 Å². The van der Waals surface area contributed by atoms with Crippen molar-refractivity contribution in [3.8, 4) is 0 Å². The van der Waals surface area contributed by atoms with Gasteiger partial charge in [0.2, 0.25) is 11.8 Å². The van der Waals surface area contributed by atoms with Crippen LogP contribution >= 0.6 is 11.6 Å². The fraction of sp³-hybridized carbons (Fsp3) is 0.357. The Morgan fingerprint density at radius 2 is 1.93 bits per heavy atom. The third-order valence-corrected chi connectivity index (χ3v) is 7.26. The number of carbonyl (C=O) groups is 4. The van der Waals surface area contributed by atoms with E-state index in [0.717, 1.165) is 17.7 Å². The summed E-state index contributed by atoms with van der Waals surface area (Å²) in [6.07, 6.45) is 0.951.